The van der Waals surface area contributed by atoms with Crippen LogP contribution in [-0.4, -0.2) is 23.7 Å². The number of carboxylic acids is 1. The number of carbonyl (C=O) groups is 2. The number of esters is 1. The van der Waals surface area contributed by atoms with E-state index in [0.29, 0.717) is 5.75 Å². The average molecular weight is 338 g/mol. The number of benzene rings is 2. The minimum absolute atomic E-state index is 0.00659. The fraction of sp³-hybridized carbons (Fsp3) is 0.100. The van der Waals surface area contributed by atoms with Crippen molar-refractivity contribution in [3.05, 3.63) is 78.6 Å². The van der Waals surface area contributed by atoms with Gasteiger partial charge >= 0.3 is 11.9 Å². The summed E-state index contributed by atoms with van der Waals surface area (Å²) >= 11 is 0. The summed E-state index contributed by atoms with van der Waals surface area (Å²) in [5.41, 5.74) is 1.82. The van der Waals surface area contributed by atoms with Crippen molar-refractivity contribution in [2.45, 2.75) is 6.92 Å². The van der Waals surface area contributed by atoms with Crippen molar-refractivity contribution < 1.29 is 24.2 Å². The number of carbonyl (C=O) groups excluding carboxylic acids is 1. The summed E-state index contributed by atoms with van der Waals surface area (Å²) in [6, 6.07) is 17.0. The molecule has 2 aromatic carbocycles. The van der Waals surface area contributed by atoms with Gasteiger partial charge in [0, 0.05) is 11.6 Å². The highest BCUT2D eigenvalue weighted by Crippen LogP contribution is 2.29. The summed E-state index contributed by atoms with van der Waals surface area (Å²) < 4.78 is 10.6. The van der Waals surface area contributed by atoms with Crippen LogP contribution in [0.1, 0.15) is 6.92 Å². The molecule has 0 heterocycles. The molecular weight excluding hydrogens is 320 g/mol. The SMILES string of the molecule is CCOC(=O)C(C=CC(=O)O)=COc1ccccc1-c1ccccc1. The standard InChI is InChI=1S/C20H18O5/c1-2-24-20(23)16(12-13-19(21)22)14-25-18-11-7-6-10-17(18)15-8-4-3-5-9-15/h3-14H,2H2,1H3,(H,21,22). The molecule has 0 bridgehead atoms. The maximum atomic E-state index is 11.9. The van der Waals surface area contributed by atoms with Crippen molar-refractivity contribution >= 4 is 11.9 Å². The first-order valence-electron chi connectivity index (χ1n) is 7.71. The van der Waals surface area contributed by atoms with Crippen LogP contribution in [0.25, 0.3) is 11.1 Å². The molecule has 2 rings (SSSR count). The normalized spacial score (nSPS) is 11.3. The molecule has 0 unspecified atom stereocenters. The lowest BCUT2D eigenvalue weighted by Crippen LogP contribution is -2.07. The van der Waals surface area contributed by atoms with Gasteiger partial charge in [-0.1, -0.05) is 48.5 Å². The maximum absolute atomic E-state index is 11.9. The molecule has 2 aromatic rings. The van der Waals surface area contributed by atoms with Crippen molar-refractivity contribution in [1.29, 1.82) is 0 Å². The predicted octanol–water partition coefficient (Wildman–Crippen LogP) is 3.82. The van der Waals surface area contributed by atoms with E-state index in [0.717, 1.165) is 23.3 Å². The molecule has 0 aliphatic carbocycles. The zero-order valence-corrected chi connectivity index (χ0v) is 13.7. The van der Waals surface area contributed by atoms with E-state index in [-0.39, 0.29) is 12.2 Å². The van der Waals surface area contributed by atoms with Gasteiger partial charge in [0.15, 0.2) is 0 Å². The Bertz CT molecular complexity index is 791. The summed E-state index contributed by atoms with van der Waals surface area (Å²) in [5.74, 6) is -1.28. The number of carboxylic acid groups (broad SMARTS) is 1. The van der Waals surface area contributed by atoms with Crippen molar-refractivity contribution in [3.63, 3.8) is 0 Å². The van der Waals surface area contributed by atoms with Gasteiger partial charge in [0.2, 0.25) is 0 Å². The van der Waals surface area contributed by atoms with Crippen LogP contribution in [0.2, 0.25) is 0 Å². The first-order chi connectivity index (χ1) is 12.1. The largest absolute Gasteiger partial charge is 0.478 e. The van der Waals surface area contributed by atoms with Gasteiger partial charge in [-0.3, -0.25) is 0 Å². The van der Waals surface area contributed by atoms with Crippen LogP contribution in [0.3, 0.4) is 0 Å². The molecule has 0 fully saturated rings. The van der Waals surface area contributed by atoms with Gasteiger partial charge in [-0.25, -0.2) is 9.59 Å². The molecule has 1 N–H and O–H groups in total. The van der Waals surface area contributed by atoms with Crippen molar-refractivity contribution in [1.82, 2.24) is 0 Å². The summed E-state index contributed by atoms with van der Waals surface area (Å²) in [5, 5.41) is 8.75. The Hall–Kier alpha value is -3.34. The van der Waals surface area contributed by atoms with Gasteiger partial charge in [0.1, 0.15) is 12.0 Å². The van der Waals surface area contributed by atoms with E-state index in [1.54, 1.807) is 13.0 Å². The Balaban J connectivity index is 2.31. The Morgan fingerprint density at radius 1 is 1.00 bits per heavy atom. The molecule has 0 aromatic heterocycles. The van der Waals surface area contributed by atoms with Gasteiger partial charge in [-0.2, -0.15) is 0 Å². The number of hydrogen-bond donors (Lipinski definition) is 1. The molecule has 0 amide bonds. The third kappa shape index (κ3) is 5.35. The van der Waals surface area contributed by atoms with Crippen LogP contribution in [0.5, 0.6) is 5.75 Å². The van der Waals surface area contributed by atoms with Gasteiger partial charge in [0.25, 0.3) is 0 Å². The Kier molecular flexibility index (Phi) is 6.54. The highest BCUT2D eigenvalue weighted by molar-refractivity contribution is 5.93. The number of para-hydroxylation sites is 1. The fourth-order valence-corrected chi connectivity index (χ4v) is 2.08. The minimum Gasteiger partial charge on any atom is -0.478 e. The monoisotopic (exact) mass is 338 g/mol. The van der Waals surface area contributed by atoms with E-state index < -0.39 is 11.9 Å². The van der Waals surface area contributed by atoms with Gasteiger partial charge in [-0.15, -0.1) is 0 Å². The van der Waals surface area contributed by atoms with Crippen LogP contribution < -0.4 is 4.74 Å². The van der Waals surface area contributed by atoms with Gasteiger partial charge in [-0.05, 0) is 24.6 Å². The molecule has 0 aliphatic heterocycles. The van der Waals surface area contributed by atoms with Gasteiger partial charge < -0.3 is 14.6 Å². The maximum Gasteiger partial charge on any atom is 0.341 e. The van der Waals surface area contributed by atoms with E-state index in [4.69, 9.17) is 14.6 Å². The topological polar surface area (TPSA) is 72.8 Å². The summed E-state index contributed by atoms with van der Waals surface area (Å²) in [6.07, 6.45) is 3.19. The van der Waals surface area contributed by atoms with Crippen molar-refractivity contribution in [3.8, 4) is 16.9 Å². The van der Waals surface area contributed by atoms with Crippen LogP contribution in [-0.2, 0) is 14.3 Å². The smallest absolute Gasteiger partial charge is 0.341 e. The second-order valence-corrected chi connectivity index (χ2v) is 4.95. The van der Waals surface area contributed by atoms with E-state index in [1.807, 2.05) is 48.5 Å². The van der Waals surface area contributed by atoms with Crippen LogP contribution in [0, 0.1) is 0 Å². The van der Waals surface area contributed by atoms with Crippen molar-refractivity contribution in [2.24, 2.45) is 0 Å². The van der Waals surface area contributed by atoms with E-state index in [9.17, 15) is 9.59 Å². The highest BCUT2D eigenvalue weighted by atomic mass is 16.5. The number of ether oxygens (including phenoxy) is 2. The molecule has 0 radical (unpaired) electrons. The average Bonchev–Trinajstić information content (AvgIpc) is 2.62. The molecule has 25 heavy (non-hydrogen) atoms. The second kappa shape index (κ2) is 9.08. The molecule has 0 atom stereocenters. The molecule has 5 nitrogen and oxygen atoms in total. The first kappa shape index (κ1) is 18.0. The molecule has 0 aliphatic rings. The molecule has 0 spiro atoms. The molecular formula is C20H18O5. The third-order valence-electron chi connectivity index (χ3n) is 3.20. The lowest BCUT2D eigenvalue weighted by Gasteiger charge is -2.09. The van der Waals surface area contributed by atoms with E-state index in [1.165, 1.54) is 6.26 Å². The molecule has 0 saturated carbocycles. The Labute approximate surface area is 145 Å². The zero-order chi connectivity index (χ0) is 18.1. The van der Waals surface area contributed by atoms with Gasteiger partial charge in [0.05, 0.1) is 12.2 Å². The Morgan fingerprint density at radius 2 is 1.68 bits per heavy atom. The summed E-state index contributed by atoms with van der Waals surface area (Å²) in [6.45, 7) is 1.85. The zero-order valence-electron chi connectivity index (χ0n) is 13.7. The summed E-state index contributed by atoms with van der Waals surface area (Å²) in [7, 11) is 0. The minimum atomic E-state index is -1.17. The fourth-order valence-electron chi connectivity index (χ4n) is 2.08. The lowest BCUT2D eigenvalue weighted by molar-refractivity contribution is -0.138. The number of hydrogen-bond acceptors (Lipinski definition) is 4. The predicted molar refractivity (Wildman–Crippen MR) is 94.0 cm³/mol. The molecule has 128 valence electrons. The van der Waals surface area contributed by atoms with E-state index >= 15 is 0 Å². The van der Waals surface area contributed by atoms with Crippen LogP contribution in [0.4, 0.5) is 0 Å². The van der Waals surface area contributed by atoms with Crippen molar-refractivity contribution in [2.75, 3.05) is 6.61 Å². The number of aliphatic carboxylic acids is 1. The third-order valence-corrected chi connectivity index (χ3v) is 3.20. The van der Waals surface area contributed by atoms with Crippen LogP contribution in [0.15, 0.2) is 78.6 Å². The molecule has 0 saturated heterocycles. The lowest BCUT2D eigenvalue weighted by atomic mass is 10.1. The quantitative estimate of drug-likeness (QED) is 0.360. The van der Waals surface area contributed by atoms with Crippen LogP contribution >= 0.6 is 0 Å². The first-order valence-corrected chi connectivity index (χ1v) is 7.71. The van der Waals surface area contributed by atoms with E-state index in [2.05, 4.69) is 0 Å². The highest BCUT2D eigenvalue weighted by Gasteiger charge is 2.10. The summed E-state index contributed by atoms with van der Waals surface area (Å²) in [4.78, 5) is 22.6. The molecule has 5 heteroatoms. The number of rotatable bonds is 7. The second-order valence-electron chi connectivity index (χ2n) is 4.95. The Morgan fingerprint density at radius 3 is 2.36 bits per heavy atom.